The molecule has 27 heavy (non-hydrogen) atoms. The maximum Gasteiger partial charge on any atom is 0.193 e. The number of hydrogen-bond donors (Lipinski definition) is 1. The van der Waals surface area contributed by atoms with E-state index in [-0.39, 0.29) is 0 Å². The van der Waals surface area contributed by atoms with Crippen LogP contribution >= 0.6 is 0 Å². The molecule has 1 saturated heterocycles. The van der Waals surface area contributed by atoms with Crippen LogP contribution in [-0.2, 0) is 0 Å². The molecule has 146 valence electrons. The molecule has 2 atom stereocenters. The molecule has 6 heteroatoms. The minimum absolute atomic E-state index is 0.434. The summed E-state index contributed by atoms with van der Waals surface area (Å²) in [6, 6.07) is 8.57. The number of piperidine rings is 1. The van der Waals surface area contributed by atoms with Gasteiger partial charge in [-0.25, -0.2) is 4.98 Å². The van der Waals surface area contributed by atoms with Crippen molar-refractivity contribution in [1.29, 1.82) is 0 Å². The number of imidazole rings is 1. The summed E-state index contributed by atoms with van der Waals surface area (Å²) in [4.78, 5) is 11.0. The molecule has 0 spiro atoms. The summed E-state index contributed by atoms with van der Waals surface area (Å²) in [6.45, 7) is 7.93. The number of guanidine groups is 1. The number of benzene rings is 1. The monoisotopic (exact) mass is 369 g/mol. The first-order valence-electron chi connectivity index (χ1n) is 9.80. The zero-order chi connectivity index (χ0) is 19.1. The van der Waals surface area contributed by atoms with E-state index in [0.29, 0.717) is 18.6 Å². The number of likely N-dealkylation sites (tertiary alicyclic amines) is 1. The summed E-state index contributed by atoms with van der Waals surface area (Å²) in [5, 5.41) is 3.49. The molecular formula is C21H31N5O. The van der Waals surface area contributed by atoms with Crippen LogP contribution in [0.2, 0.25) is 0 Å². The van der Waals surface area contributed by atoms with E-state index in [2.05, 4.69) is 50.9 Å². The Bertz CT molecular complexity index is 728. The summed E-state index contributed by atoms with van der Waals surface area (Å²) in [5.41, 5.74) is 1.18. The molecule has 2 aromatic rings. The molecule has 1 N–H and O–H groups in total. The van der Waals surface area contributed by atoms with Gasteiger partial charge in [0.1, 0.15) is 5.75 Å². The largest absolute Gasteiger partial charge is 0.493 e. The standard InChI is InChI=1S/C21H31N5O/c1-17-9-12-25(15-19(17)26-13-11-23-16-26)21(22-3)24-10-6-14-27-20-8-5-4-7-18(20)2/h4-5,7-8,11,13,16-17,19H,6,9-10,12,14-15H2,1-3H3,(H,22,24). The van der Waals surface area contributed by atoms with Gasteiger partial charge in [0.2, 0.25) is 0 Å². The number of rotatable bonds is 6. The van der Waals surface area contributed by atoms with Gasteiger partial charge in [0.05, 0.1) is 19.0 Å². The van der Waals surface area contributed by atoms with Gasteiger partial charge >= 0.3 is 0 Å². The minimum atomic E-state index is 0.434. The van der Waals surface area contributed by atoms with E-state index in [1.807, 2.05) is 37.8 Å². The maximum absolute atomic E-state index is 5.87. The molecule has 0 radical (unpaired) electrons. The lowest BCUT2D eigenvalue weighted by atomic mass is 9.93. The van der Waals surface area contributed by atoms with Crippen molar-refractivity contribution >= 4 is 5.96 Å². The molecule has 2 heterocycles. The Kier molecular flexibility index (Phi) is 6.74. The SMILES string of the molecule is CN=C(NCCCOc1ccccc1C)N1CCC(C)C(n2ccnc2)C1. The minimum Gasteiger partial charge on any atom is -0.493 e. The third kappa shape index (κ3) is 5.02. The quantitative estimate of drug-likeness (QED) is 0.483. The molecule has 0 bridgehead atoms. The molecule has 6 nitrogen and oxygen atoms in total. The van der Waals surface area contributed by atoms with E-state index in [9.17, 15) is 0 Å². The second-order valence-corrected chi connectivity index (χ2v) is 7.23. The van der Waals surface area contributed by atoms with Crippen LogP contribution in [0.4, 0.5) is 0 Å². The van der Waals surface area contributed by atoms with Gasteiger partial charge in [-0.3, -0.25) is 4.99 Å². The highest BCUT2D eigenvalue weighted by atomic mass is 16.5. The number of ether oxygens (including phenoxy) is 1. The highest BCUT2D eigenvalue weighted by Gasteiger charge is 2.28. The molecule has 1 aromatic heterocycles. The fourth-order valence-corrected chi connectivity index (χ4v) is 3.60. The van der Waals surface area contributed by atoms with Crippen molar-refractivity contribution in [2.45, 2.75) is 32.7 Å². The Labute approximate surface area is 162 Å². The van der Waals surface area contributed by atoms with Crippen molar-refractivity contribution in [1.82, 2.24) is 19.8 Å². The topological polar surface area (TPSA) is 54.7 Å². The second kappa shape index (κ2) is 9.44. The first-order chi connectivity index (χ1) is 13.2. The molecule has 2 unspecified atom stereocenters. The van der Waals surface area contributed by atoms with Crippen LogP contribution in [-0.4, -0.2) is 53.7 Å². The van der Waals surface area contributed by atoms with Crippen LogP contribution < -0.4 is 10.1 Å². The number of aliphatic imine (C=N–C) groups is 1. The highest BCUT2D eigenvalue weighted by Crippen LogP contribution is 2.27. The van der Waals surface area contributed by atoms with E-state index in [1.54, 1.807) is 0 Å². The second-order valence-electron chi connectivity index (χ2n) is 7.23. The van der Waals surface area contributed by atoms with Crippen LogP contribution in [0.15, 0.2) is 48.0 Å². The molecule has 3 rings (SSSR count). The zero-order valence-electron chi connectivity index (χ0n) is 16.6. The average molecular weight is 370 g/mol. The Balaban J connectivity index is 1.45. The van der Waals surface area contributed by atoms with Gasteiger partial charge in [0.25, 0.3) is 0 Å². The molecule has 0 amide bonds. The van der Waals surface area contributed by atoms with Crippen LogP contribution in [0.1, 0.15) is 31.4 Å². The normalized spacial score (nSPS) is 20.6. The maximum atomic E-state index is 5.87. The summed E-state index contributed by atoms with van der Waals surface area (Å²) in [6.07, 6.45) is 7.92. The van der Waals surface area contributed by atoms with E-state index >= 15 is 0 Å². The molecule has 1 aromatic carbocycles. The number of para-hydroxylation sites is 1. The van der Waals surface area contributed by atoms with Gasteiger partial charge in [0.15, 0.2) is 5.96 Å². The Morgan fingerprint density at radius 3 is 2.96 bits per heavy atom. The third-order valence-corrected chi connectivity index (χ3v) is 5.29. The van der Waals surface area contributed by atoms with Crippen molar-refractivity contribution in [2.75, 3.05) is 33.3 Å². The lowest BCUT2D eigenvalue weighted by Gasteiger charge is -2.39. The molecule has 1 fully saturated rings. The molecule has 1 aliphatic heterocycles. The number of nitrogens with zero attached hydrogens (tertiary/aromatic N) is 4. The summed E-state index contributed by atoms with van der Waals surface area (Å²) < 4.78 is 8.10. The highest BCUT2D eigenvalue weighted by molar-refractivity contribution is 5.80. The van der Waals surface area contributed by atoms with Gasteiger partial charge in [-0.1, -0.05) is 25.1 Å². The fourth-order valence-electron chi connectivity index (χ4n) is 3.60. The van der Waals surface area contributed by atoms with Crippen LogP contribution in [0.3, 0.4) is 0 Å². The van der Waals surface area contributed by atoms with Crippen LogP contribution in [0, 0.1) is 12.8 Å². The van der Waals surface area contributed by atoms with Crippen molar-refractivity contribution in [3.8, 4) is 5.75 Å². The van der Waals surface area contributed by atoms with Crippen molar-refractivity contribution in [2.24, 2.45) is 10.9 Å². The molecule has 0 aliphatic carbocycles. The van der Waals surface area contributed by atoms with Gasteiger partial charge in [0, 0.05) is 39.1 Å². The van der Waals surface area contributed by atoms with Gasteiger partial charge in [-0.15, -0.1) is 0 Å². The Morgan fingerprint density at radius 2 is 2.22 bits per heavy atom. The Morgan fingerprint density at radius 1 is 1.37 bits per heavy atom. The third-order valence-electron chi connectivity index (χ3n) is 5.29. The lowest BCUT2D eigenvalue weighted by molar-refractivity contribution is 0.188. The molecule has 1 aliphatic rings. The summed E-state index contributed by atoms with van der Waals surface area (Å²) in [7, 11) is 1.86. The van der Waals surface area contributed by atoms with E-state index in [0.717, 1.165) is 44.2 Å². The van der Waals surface area contributed by atoms with Gasteiger partial charge in [-0.2, -0.15) is 0 Å². The predicted octanol–water partition coefficient (Wildman–Crippen LogP) is 3.12. The van der Waals surface area contributed by atoms with Crippen molar-refractivity contribution < 1.29 is 4.74 Å². The van der Waals surface area contributed by atoms with Crippen molar-refractivity contribution in [3.63, 3.8) is 0 Å². The predicted molar refractivity (Wildman–Crippen MR) is 109 cm³/mol. The number of aromatic nitrogens is 2. The van der Waals surface area contributed by atoms with Crippen molar-refractivity contribution in [3.05, 3.63) is 48.5 Å². The smallest absolute Gasteiger partial charge is 0.193 e. The molecular weight excluding hydrogens is 338 g/mol. The van der Waals surface area contributed by atoms with E-state index in [1.165, 1.54) is 5.56 Å². The van der Waals surface area contributed by atoms with Gasteiger partial charge in [-0.05, 0) is 37.3 Å². The Hall–Kier alpha value is -2.50. The first-order valence-corrected chi connectivity index (χ1v) is 9.80. The number of hydrogen-bond acceptors (Lipinski definition) is 3. The van der Waals surface area contributed by atoms with Crippen LogP contribution in [0.5, 0.6) is 5.75 Å². The van der Waals surface area contributed by atoms with Crippen LogP contribution in [0.25, 0.3) is 0 Å². The zero-order valence-corrected chi connectivity index (χ0v) is 16.6. The summed E-state index contributed by atoms with van der Waals surface area (Å²) >= 11 is 0. The lowest BCUT2D eigenvalue weighted by Crippen LogP contribution is -2.49. The van der Waals surface area contributed by atoms with E-state index < -0.39 is 0 Å². The fraction of sp³-hybridized carbons (Fsp3) is 0.524. The van der Waals surface area contributed by atoms with E-state index in [4.69, 9.17) is 4.74 Å². The average Bonchev–Trinajstić information content (AvgIpc) is 3.21. The van der Waals surface area contributed by atoms with Gasteiger partial charge < -0.3 is 19.5 Å². The number of aryl methyl sites for hydroxylation is 1. The molecule has 0 saturated carbocycles. The number of nitrogens with one attached hydrogen (secondary N) is 1. The first kappa shape index (κ1) is 19.3. The summed E-state index contributed by atoms with van der Waals surface area (Å²) in [5.74, 6) is 2.58.